The monoisotopic (exact) mass is 259 g/mol. The highest BCUT2D eigenvalue weighted by Crippen LogP contribution is 2.28. The molecule has 0 unspecified atom stereocenters. The van der Waals surface area contributed by atoms with Crippen LogP contribution in [-0.4, -0.2) is 19.5 Å². The van der Waals surface area contributed by atoms with Gasteiger partial charge in [0.2, 0.25) is 5.95 Å². The van der Waals surface area contributed by atoms with E-state index in [1.54, 1.807) is 17.5 Å². The number of thiophene rings is 1. The van der Waals surface area contributed by atoms with Crippen molar-refractivity contribution in [2.75, 3.05) is 5.73 Å². The number of nitrogens with zero attached hydrogens (tertiary/aromatic N) is 4. The van der Waals surface area contributed by atoms with E-state index in [4.69, 9.17) is 5.73 Å². The van der Waals surface area contributed by atoms with Crippen molar-refractivity contribution in [2.24, 2.45) is 0 Å². The summed E-state index contributed by atoms with van der Waals surface area (Å²) < 4.78 is 1.98. The van der Waals surface area contributed by atoms with E-state index >= 15 is 0 Å². The number of nitrogen functional groups attached to an aromatic ring is 1. The van der Waals surface area contributed by atoms with E-state index in [1.807, 2.05) is 10.8 Å². The molecule has 0 atom stereocenters. The quantitative estimate of drug-likeness (QED) is 0.766. The number of aryl methyl sites for hydroxylation is 2. The maximum atomic E-state index is 5.78. The predicted molar refractivity (Wildman–Crippen MR) is 73.1 cm³/mol. The molecule has 0 saturated carbocycles. The third kappa shape index (κ3) is 1.65. The highest BCUT2D eigenvalue weighted by molar-refractivity contribution is 7.18. The van der Waals surface area contributed by atoms with Crippen molar-refractivity contribution in [1.29, 1.82) is 0 Å². The van der Waals surface area contributed by atoms with Gasteiger partial charge in [0.15, 0.2) is 5.82 Å². The van der Waals surface area contributed by atoms with Crippen molar-refractivity contribution in [3.05, 3.63) is 29.2 Å². The maximum absolute atomic E-state index is 5.78. The molecule has 0 aliphatic rings. The molecule has 0 saturated heterocycles. The lowest BCUT2D eigenvalue weighted by Gasteiger charge is -2.07. The summed E-state index contributed by atoms with van der Waals surface area (Å²) in [7, 11) is 0. The molecule has 0 spiro atoms. The van der Waals surface area contributed by atoms with E-state index in [2.05, 4.69) is 34.9 Å². The summed E-state index contributed by atoms with van der Waals surface area (Å²) >= 11 is 1.63. The Kier molecular flexibility index (Phi) is 2.52. The number of hydrogen-bond donors (Lipinski definition) is 1. The molecule has 0 bridgehead atoms. The topological polar surface area (TPSA) is 69.6 Å². The highest BCUT2D eigenvalue weighted by Gasteiger charge is 2.13. The summed E-state index contributed by atoms with van der Waals surface area (Å²) in [5.41, 5.74) is 5.78. The first kappa shape index (κ1) is 11.2. The van der Waals surface area contributed by atoms with Gasteiger partial charge in [-0.3, -0.25) is 4.57 Å². The molecule has 3 aromatic heterocycles. The van der Waals surface area contributed by atoms with Crippen molar-refractivity contribution in [1.82, 2.24) is 19.5 Å². The minimum atomic E-state index is 0.301. The normalized spacial score (nSPS) is 11.2. The number of imidazole rings is 1. The molecule has 3 heterocycles. The molecule has 0 aliphatic heterocycles. The van der Waals surface area contributed by atoms with Crippen LogP contribution >= 0.6 is 11.3 Å². The van der Waals surface area contributed by atoms with Crippen molar-refractivity contribution in [3.8, 4) is 5.82 Å². The minimum absolute atomic E-state index is 0.301. The molecule has 6 heteroatoms. The zero-order valence-corrected chi connectivity index (χ0v) is 11.0. The average Bonchev–Trinajstić information content (AvgIpc) is 2.92. The Hall–Kier alpha value is -1.95. The van der Waals surface area contributed by atoms with Crippen LogP contribution in [0.25, 0.3) is 16.0 Å². The van der Waals surface area contributed by atoms with Crippen molar-refractivity contribution in [3.63, 3.8) is 0 Å². The van der Waals surface area contributed by atoms with Gasteiger partial charge in [-0.2, -0.15) is 4.98 Å². The molecule has 3 aromatic rings. The van der Waals surface area contributed by atoms with Crippen LogP contribution in [0.5, 0.6) is 0 Å². The fraction of sp³-hybridized carbons (Fsp3) is 0.250. The zero-order chi connectivity index (χ0) is 12.7. The van der Waals surface area contributed by atoms with E-state index in [9.17, 15) is 0 Å². The van der Waals surface area contributed by atoms with Crippen molar-refractivity contribution >= 4 is 27.5 Å². The Bertz CT molecular complexity index is 712. The number of nitrogens with two attached hydrogens (primary N) is 1. The summed E-state index contributed by atoms with van der Waals surface area (Å²) in [4.78, 5) is 15.1. The molecule has 0 amide bonds. The molecule has 0 radical (unpaired) electrons. The van der Waals surface area contributed by atoms with Crippen LogP contribution in [0, 0.1) is 6.92 Å². The molecular formula is C12H13N5S. The first-order valence-electron chi connectivity index (χ1n) is 5.75. The lowest BCUT2D eigenvalue weighted by Crippen LogP contribution is -2.05. The summed E-state index contributed by atoms with van der Waals surface area (Å²) in [6.07, 6.45) is 4.54. The molecule has 0 aromatic carbocycles. The van der Waals surface area contributed by atoms with Gasteiger partial charge in [-0.25, -0.2) is 9.97 Å². The predicted octanol–water partition coefficient (Wildman–Crippen LogP) is 2.33. The maximum Gasteiger partial charge on any atom is 0.223 e. The highest BCUT2D eigenvalue weighted by atomic mass is 32.1. The van der Waals surface area contributed by atoms with Crippen LogP contribution in [0.1, 0.15) is 17.6 Å². The molecular weight excluding hydrogens is 246 g/mol. The number of anilines is 1. The van der Waals surface area contributed by atoms with Crippen LogP contribution in [0.4, 0.5) is 5.95 Å². The van der Waals surface area contributed by atoms with Crippen LogP contribution in [0.15, 0.2) is 18.5 Å². The summed E-state index contributed by atoms with van der Waals surface area (Å²) in [6.45, 7) is 4.13. The Morgan fingerprint density at radius 2 is 2.22 bits per heavy atom. The van der Waals surface area contributed by atoms with Crippen molar-refractivity contribution in [2.45, 2.75) is 20.3 Å². The fourth-order valence-electron chi connectivity index (χ4n) is 2.02. The van der Waals surface area contributed by atoms with Gasteiger partial charge in [-0.15, -0.1) is 11.3 Å². The fourth-order valence-corrected chi connectivity index (χ4v) is 2.90. The molecule has 0 fully saturated rings. The largest absolute Gasteiger partial charge is 0.368 e. The molecule has 2 N–H and O–H groups in total. The Labute approximate surface area is 108 Å². The average molecular weight is 259 g/mol. The molecule has 5 nitrogen and oxygen atoms in total. The van der Waals surface area contributed by atoms with E-state index < -0.39 is 0 Å². The zero-order valence-electron chi connectivity index (χ0n) is 10.2. The number of hydrogen-bond acceptors (Lipinski definition) is 5. The van der Waals surface area contributed by atoms with E-state index in [0.717, 1.165) is 28.3 Å². The second-order valence-corrected chi connectivity index (χ2v) is 5.28. The van der Waals surface area contributed by atoms with Gasteiger partial charge in [-0.1, -0.05) is 6.92 Å². The molecule has 3 rings (SSSR count). The van der Waals surface area contributed by atoms with Gasteiger partial charge in [0.25, 0.3) is 0 Å². The number of rotatable bonds is 2. The molecule has 92 valence electrons. The number of aromatic nitrogens is 4. The summed E-state index contributed by atoms with van der Waals surface area (Å²) in [5.74, 6) is 2.09. The van der Waals surface area contributed by atoms with Crippen molar-refractivity contribution < 1.29 is 0 Å². The molecule has 18 heavy (non-hydrogen) atoms. The Morgan fingerprint density at radius 3 is 3.00 bits per heavy atom. The third-order valence-corrected chi connectivity index (χ3v) is 3.72. The Balaban J connectivity index is 2.34. The van der Waals surface area contributed by atoms with E-state index in [0.29, 0.717) is 5.95 Å². The first-order valence-corrected chi connectivity index (χ1v) is 6.57. The van der Waals surface area contributed by atoms with Crippen LogP contribution in [-0.2, 0) is 6.42 Å². The molecule has 0 aliphatic carbocycles. The van der Waals surface area contributed by atoms with Gasteiger partial charge in [-0.05, 0) is 13.0 Å². The van der Waals surface area contributed by atoms with Gasteiger partial charge < -0.3 is 5.73 Å². The number of fused-ring (bicyclic) bond motifs is 1. The summed E-state index contributed by atoms with van der Waals surface area (Å²) in [5, 5.41) is 1.03. The lowest BCUT2D eigenvalue weighted by molar-refractivity contribution is 0.873. The van der Waals surface area contributed by atoms with Crippen LogP contribution in [0.3, 0.4) is 0 Å². The van der Waals surface area contributed by atoms with Crippen LogP contribution in [0.2, 0.25) is 0 Å². The minimum Gasteiger partial charge on any atom is -0.368 e. The van der Waals surface area contributed by atoms with Gasteiger partial charge in [0.1, 0.15) is 10.7 Å². The van der Waals surface area contributed by atoms with E-state index in [1.165, 1.54) is 4.88 Å². The second kappa shape index (κ2) is 4.06. The second-order valence-electron chi connectivity index (χ2n) is 4.05. The Morgan fingerprint density at radius 1 is 1.39 bits per heavy atom. The standard InChI is InChI=1S/C12H13N5S/c1-3-9-14-4-5-17(9)10-8-6-7(2)18-11(8)16-12(13)15-10/h4-6H,3H2,1-2H3,(H2,13,15,16). The van der Waals surface area contributed by atoms with Gasteiger partial charge in [0, 0.05) is 23.7 Å². The first-order chi connectivity index (χ1) is 8.69. The summed E-state index contributed by atoms with van der Waals surface area (Å²) in [6, 6.07) is 2.09. The SMILES string of the molecule is CCc1nccn1-c1nc(N)nc2sc(C)cc12. The van der Waals surface area contributed by atoms with Gasteiger partial charge in [0.05, 0.1) is 5.39 Å². The third-order valence-electron chi connectivity index (χ3n) is 2.77. The van der Waals surface area contributed by atoms with Crippen LogP contribution < -0.4 is 5.73 Å². The van der Waals surface area contributed by atoms with Gasteiger partial charge >= 0.3 is 0 Å². The lowest BCUT2D eigenvalue weighted by atomic mass is 10.3. The van der Waals surface area contributed by atoms with E-state index in [-0.39, 0.29) is 0 Å². The smallest absolute Gasteiger partial charge is 0.223 e.